The van der Waals surface area contributed by atoms with Gasteiger partial charge in [-0.05, 0) is 85.4 Å². The minimum absolute atomic E-state index is 0.116. The van der Waals surface area contributed by atoms with Gasteiger partial charge in [0.1, 0.15) is 12.4 Å². The van der Waals surface area contributed by atoms with Crippen LogP contribution in [-0.2, 0) is 22.5 Å². The van der Waals surface area contributed by atoms with Gasteiger partial charge in [-0.25, -0.2) is 4.79 Å². The summed E-state index contributed by atoms with van der Waals surface area (Å²) in [5.74, 6) is 1.53. The number of fused-ring (bicyclic) bond motifs is 2. The fraction of sp³-hybridized carbons (Fsp3) is 0.567. The van der Waals surface area contributed by atoms with Crippen LogP contribution in [-0.4, -0.2) is 50.1 Å². The molecule has 2 fully saturated rings. The van der Waals surface area contributed by atoms with E-state index in [0.717, 1.165) is 73.6 Å². The number of hydrogen-bond acceptors (Lipinski definition) is 6. The van der Waals surface area contributed by atoms with Gasteiger partial charge in [0.15, 0.2) is 0 Å². The summed E-state index contributed by atoms with van der Waals surface area (Å²) < 4.78 is 17.6. The van der Waals surface area contributed by atoms with Crippen molar-refractivity contribution in [2.75, 3.05) is 31.7 Å². The number of esters is 1. The minimum atomic E-state index is -0.350. The van der Waals surface area contributed by atoms with Crippen LogP contribution in [0.4, 0.5) is 5.69 Å². The van der Waals surface area contributed by atoms with Crippen molar-refractivity contribution >= 4 is 23.3 Å². The molecule has 1 saturated heterocycles. The van der Waals surface area contributed by atoms with Crippen LogP contribution in [0.1, 0.15) is 60.5 Å². The van der Waals surface area contributed by atoms with Crippen LogP contribution >= 0.6 is 11.6 Å². The highest BCUT2D eigenvalue weighted by molar-refractivity contribution is 6.30. The molecule has 5 rings (SSSR count). The van der Waals surface area contributed by atoms with Gasteiger partial charge < -0.3 is 24.2 Å². The van der Waals surface area contributed by atoms with Gasteiger partial charge >= 0.3 is 5.97 Å². The number of anilines is 1. The molecule has 0 bridgehead atoms. The number of ether oxygens (including phenoxy) is 3. The predicted octanol–water partition coefficient (Wildman–Crippen LogP) is 5.66. The molecule has 2 aromatic carbocycles. The first kappa shape index (κ1) is 26.3. The number of aryl methyl sites for hydroxylation is 1. The van der Waals surface area contributed by atoms with Crippen LogP contribution in [0.5, 0.6) is 5.75 Å². The Morgan fingerprint density at radius 1 is 1.16 bits per heavy atom. The van der Waals surface area contributed by atoms with Gasteiger partial charge in [0.05, 0.1) is 37.2 Å². The molecule has 1 aliphatic carbocycles. The third kappa shape index (κ3) is 5.92. The molecule has 1 saturated carbocycles. The lowest BCUT2D eigenvalue weighted by Gasteiger charge is -2.47. The highest BCUT2D eigenvalue weighted by Gasteiger charge is 2.42. The second-order valence-electron chi connectivity index (χ2n) is 10.9. The Balaban J connectivity index is 1.40. The molecule has 1 N–H and O–H groups in total. The smallest absolute Gasteiger partial charge is 0.337 e. The first-order valence-corrected chi connectivity index (χ1v) is 14.0. The van der Waals surface area contributed by atoms with Crippen molar-refractivity contribution in [2.24, 2.45) is 17.8 Å². The van der Waals surface area contributed by atoms with E-state index in [1.165, 1.54) is 12.7 Å². The van der Waals surface area contributed by atoms with E-state index in [1.807, 2.05) is 24.3 Å². The zero-order valence-electron chi connectivity index (χ0n) is 21.8. The first-order chi connectivity index (χ1) is 17.9. The molecule has 6 nitrogen and oxygen atoms in total. The summed E-state index contributed by atoms with van der Waals surface area (Å²) in [6, 6.07) is 11.6. The summed E-state index contributed by atoms with van der Waals surface area (Å²) in [6.45, 7) is 4.86. The maximum Gasteiger partial charge on any atom is 0.337 e. The Kier molecular flexibility index (Phi) is 8.28. The molecular weight excluding hydrogens is 490 g/mol. The Morgan fingerprint density at radius 3 is 2.78 bits per heavy atom. The highest BCUT2D eigenvalue weighted by Crippen LogP contribution is 2.43. The topological polar surface area (TPSA) is 68.2 Å². The second kappa shape index (κ2) is 11.6. The normalized spacial score (nSPS) is 28.1. The first-order valence-electron chi connectivity index (χ1n) is 13.6. The molecule has 200 valence electrons. The van der Waals surface area contributed by atoms with E-state index in [0.29, 0.717) is 30.6 Å². The molecule has 37 heavy (non-hydrogen) atoms. The van der Waals surface area contributed by atoms with Crippen LogP contribution < -0.4 is 9.64 Å². The van der Waals surface area contributed by atoms with E-state index in [-0.39, 0.29) is 24.1 Å². The SMILES string of the molecule is COC(=O)c1ccc2c(c1)N(C[C@@H]1CC[C@H]1[C@H]1C[C@@H](O)[C@@H](C)CO1)CCCCc1cc(Cl)ccc1CO2. The molecular formula is C30H38ClNO5. The van der Waals surface area contributed by atoms with Crippen molar-refractivity contribution in [1.82, 2.24) is 0 Å². The number of halogens is 1. The van der Waals surface area contributed by atoms with Gasteiger partial charge in [0, 0.05) is 30.5 Å². The van der Waals surface area contributed by atoms with E-state index < -0.39 is 0 Å². The molecule has 0 amide bonds. The lowest BCUT2D eigenvalue weighted by Crippen LogP contribution is -2.48. The van der Waals surface area contributed by atoms with E-state index in [9.17, 15) is 9.90 Å². The molecule has 3 aliphatic rings. The Labute approximate surface area is 224 Å². The van der Waals surface area contributed by atoms with E-state index in [4.69, 9.17) is 25.8 Å². The molecule has 5 atom stereocenters. The van der Waals surface area contributed by atoms with Gasteiger partial charge in [-0.3, -0.25) is 0 Å². The average Bonchev–Trinajstić information content (AvgIpc) is 2.91. The summed E-state index contributed by atoms with van der Waals surface area (Å²) in [6.07, 6.45) is 5.83. The number of carbonyl (C=O) groups excluding carboxylic acids is 1. The van der Waals surface area contributed by atoms with Crippen molar-refractivity contribution in [3.8, 4) is 5.75 Å². The lowest BCUT2D eigenvalue weighted by molar-refractivity contribution is -0.124. The Hall–Kier alpha value is -2.28. The number of hydrogen-bond donors (Lipinski definition) is 1. The zero-order chi connectivity index (χ0) is 25.9. The van der Waals surface area contributed by atoms with Crippen LogP contribution in [0, 0.1) is 17.8 Å². The molecule has 2 aromatic rings. The van der Waals surface area contributed by atoms with Crippen molar-refractivity contribution in [3.05, 3.63) is 58.1 Å². The summed E-state index contributed by atoms with van der Waals surface area (Å²) in [5.41, 5.74) is 3.83. The number of benzene rings is 2. The van der Waals surface area contributed by atoms with E-state index in [1.54, 1.807) is 6.07 Å². The molecule has 7 heteroatoms. The number of rotatable bonds is 4. The third-order valence-corrected chi connectivity index (χ3v) is 8.74. The van der Waals surface area contributed by atoms with Crippen LogP contribution in [0.25, 0.3) is 0 Å². The van der Waals surface area contributed by atoms with Gasteiger partial charge in [0.25, 0.3) is 0 Å². The van der Waals surface area contributed by atoms with Crippen molar-refractivity contribution in [3.63, 3.8) is 0 Å². The summed E-state index contributed by atoms with van der Waals surface area (Å²) >= 11 is 6.30. The summed E-state index contributed by atoms with van der Waals surface area (Å²) in [7, 11) is 1.41. The standard InChI is InChI=1S/C30H38ClNO5/c1-19-17-36-29(15-27(19)33)25-10-7-22(25)16-32-12-4-3-5-20-13-24(31)9-6-23(20)18-37-28-11-8-21(14-26(28)32)30(34)35-2/h6,8-9,11,13-14,19,22,25,27,29,33H,3-5,7,10,12,15-18H2,1-2H3/t19-,22-,25+,27+,29+/m0/s1. The van der Waals surface area contributed by atoms with Crippen LogP contribution in [0.3, 0.4) is 0 Å². The van der Waals surface area contributed by atoms with Gasteiger partial charge in [0.2, 0.25) is 0 Å². The molecule has 2 aliphatic heterocycles. The summed E-state index contributed by atoms with van der Waals surface area (Å²) in [5, 5.41) is 11.2. The zero-order valence-corrected chi connectivity index (χ0v) is 22.6. The molecule has 0 radical (unpaired) electrons. The maximum absolute atomic E-state index is 12.4. The third-order valence-electron chi connectivity index (χ3n) is 8.51. The largest absolute Gasteiger partial charge is 0.487 e. The van der Waals surface area contributed by atoms with Gasteiger partial charge in [-0.15, -0.1) is 0 Å². The number of aliphatic hydroxyl groups excluding tert-OH is 1. The lowest BCUT2D eigenvalue weighted by atomic mass is 9.68. The van der Waals surface area contributed by atoms with Gasteiger partial charge in [-0.1, -0.05) is 24.6 Å². The summed E-state index contributed by atoms with van der Waals surface area (Å²) in [4.78, 5) is 14.8. The van der Waals surface area contributed by atoms with Crippen LogP contribution in [0.15, 0.2) is 36.4 Å². The number of methoxy groups -OCH3 is 1. The fourth-order valence-electron chi connectivity index (χ4n) is 6.00. The highest BCUT2D eigenvalue weighted by atomic mass is 35.5. The van der Waals surface area contributed by atoms with Crippen molar-refractivity contribution in [1.29, 1.82) is 0 Å². The van der Waals surface area contributed by atoms with Crippen molar-refractivity contribution < 1.29 is 24.1 Å². The molecule has 2 heterocycles. The minimum Gasteiger partial charge on any atom is -0.487 e. The quantitative estimate of drug-likeness (QED) is 0.517. The fourth-order valence-corrected chi connectivity index (χ4v) is 6.20. The monoisotopic (exact) mass is 527 g/mol. The number of aliphatic hydroxyl groups is 1. The predicted molar refractivity (Wildman–Crippen MR) is 144 cm³/mol. The number of carbonyl (C=O) groups is 1. The number of nitrogens with zero attached hydrogens (tertiary/aromatic N) is 1. The Morgan fingerprint density at radius 2 is 2.03 bits per heavy atom. The van der Waals surface area contributed by atoms with Gasteiger partial charge in [-0.2, -0.15) is 0 Å². The van der Waals surface area contributed by atoms with Crippen LogP contribution in [0.2, 0.25) is 5.02 Å². The van der Waals surface area contributed by atoms with Crippen molar-refractivity contribution in [2.45, 2.75) is 64.3 Å². The van der Waals surface area contributed by atoms with E-state index in [2.05, 4.69) is 17.9 Å². The molecule has 0 unspecified atom stereocenters. The average molecular weight is 528 g/mol. The Bertz CT molecular complexity index is 1110. The maximum atomic E-state index is 12.4. The molecule has 0 spiro atoms. The van der Waals surface area contributed by atoms with E-state index >= 15 is 0 Å². The second-order valence-corrected chi connectivity index (χ2v) is 11.4. The molecule has 0 aromatic heterocycles.